The Morgan fingerprint density at radius 2 is 2.09 bits per heavy atom. The maximum Gasteiger partial charge on any atom is 0.139 e. The van der Waals surface area contributed by atoms with Gasteiger partial charge in [0.2, 0.25) is 0 Å². The van der Waals surface area contributed by atoms with Crippen LogP contribution in [0.1, 0.15) is 43.5 Å². The highest BCUT2D eigenvalue weighted by atomic mass is 35.5. The lowest BCUT2D eigenvalue weighted by Crippen LogP contribution is -1.82. The molecule has 11 heavy (non-hydrogen) atoms. The van der Waals surface area contributed by atoms with Crippen LogP contribution in [0.3, 0.4) is 0 Å². The third-order valence-electron chi connectivity index (χ3n) is 1.52. The first kappa shape index (κ1) is 8.60. The van der Waals surface area contributed by atoms with Crippen LogP contribution in [0.2, 0.25) is 0 Å². The van der Waals surface area contributed by atoms with Gasteiger partial charge in [-0.05, 0) is 6.92 Å². The predicted molar refractivity (Wildman–Crippen MR) is 44.9 cm³/mol. The first-order chi connectivity index (χ1) is 5.11. The SMILES string of the molecule is CC(C)c1cc(C(C)Cl)no1. The molecule has 1 rings (SSSR count). The number of hydrogen-bond donors (Lipinski definition) is 0. The summed E-state index contributed by atoms with van der Waals surface area (Å²) in [7, 11) is 0. The number of halogens is 1. The van der Waals surface area contributed by atoms with Crippen molar-refractivity contribution in [3.63, 3.8) is 0 Å². The molecular weight excluding hydrogens is 162 g/mol. The number of hydrogen-bond acceptors (Lipinski definition) is 2. The second kappa shape index (κ2) is 3.26. The smallest absolute Gasteiger partial charge is 0.139 e. The van der Waals surface area contributed by atoms with Crippen LogP contribution < -0.4 is 0 Å². The number of aromatic nitrogens is 1. The van der Waals surface area contributed by atoms with Gasteiger partial charge < -0.3 is 4.52 Å². The Hall–Kier alpha value is -0.500. The van der Waals surface area contributed by atoms with Gasteiger partial charge in [-0.25, -0.2) is 0 Å². The Balaban J connectivity index is 2.82. The molecule has 0 saturated carbocycles. The summed E-state index contributed by atoms with van der Waals surface area (Å²) in [6, 6.07) is 1.91. The van der Waals surface area contributed by atoms with E-state index in [4.69, 9.17) is 16.1 Å². The summed E-state index contributed by atoms with van der Waals surface area (Å²) in [5, 5.41) is 3.77. The molecule has 1 atom stereocenters. The van der Waals surface area contributed by atoms with Crippen molar-refractivity contribution in [1.82, 2.24) is 5.16 Å². The molecule has 0 N–H and O–H groups in total. The van der Waals surface area contributed by atoms with Gasteiger partial charge in [0.1, 0.15) is 11.5 Å². The zero-order valence-corrected chi connectivity index (χ0v) is 7.72. The fourth-order valence-electron chi connectivity index (χ4n) is 0.763. The Kier molecular flexibility index (Phi) is 2.55. The van der Waals surface area contributed by atoms with Crippen LogP contribution in [0.4, 0.5) is 0 Å². The molecule has 0 saturated heterocycles. The number of alkyl halides is 1. The molecular formula is C8H12ClNO. The highest BCUT2D eigenvalue weighted by Crippen LogP contribution is 2.22. The van der Waals surface area contributed by atoms with E-state index in [9.17, 15) is 0 Å². The van der Waals surface area contributed by atoms with Crippen molar-refractivity contribution in [2.45, 2.75) is 32.1 Å². The summed E-state index contributed by atoms with van der Waals surface area (Å²) < 4.78 is 5.05. The number of nitrogens with zero attached hydrogens (tertiary/aromatic N) is 1. The van der Waals surface area contributed by atoms with E-state index < -0.39 is 0 Å². The molecule has 1 aromatic rings. The molecule has 0 aromatic carbocycles. The zero-order chi connectivity index (χ0) is 8.43. The normalized spacial score (nSPS) is 13.9. The number of rotatable bonds is 2. The predicted octanol–water partition coefficient (Wildman–Crippen LogP) is 3.10. The van der Waals surface area contributed by atoms with Crippen LogP contribution in [0.25, 0.3) is 0 Å². The Labute approximate surface area is 71.5 Å². The van der Waals surface area contributed by atoms with E-state index in [1.807, 2.05) is 13.0 Å². The Morgan fingerprint density at radius 1 is 1.45 bits per heavy atom. The van der Waals surface area contributed by atoms with E-state index in [1.54, 1.807) is 0 Å². The zero-order valence-electron chi connectivity index (χ0n) is 6.97. The second-order valence-corrected chi connectivity index (χ2v) is 3.58. The summed E-state index contributed by atoms with van der Waals surface area (Å²) in [5.74, 6) is 1.28. The molecule has 0 aliphatic carbocycles. The van der Waals surface area contributed by atoms with Gasteiger partial charge in [-0.1, -0.05) is 19.0 Å². The van der Waals surface area contributed by atoms with Gasteiger partial charge in [0.25, 0.3) is 0 Å². The van der Waals surface area contributed by atoms with Gasteiger partial charge >= 0.3 is 0 Å². The molecule has 0 bridgehead atoms. The van der Waals surface area contributed by atoms with Crippen molar-refractivity contribution in [3.05, 3.63) is 17.5 Å². The van der Waals surface area contributed by atoms with Crippen LogP contribution in [0.15, 0.2) is 10.6 Å². The third kappa shape index (κ3) is 1.96. The quantitative estimate of drug-likeness (QED) is 0.643. The lowest BCUT2D eigenvalue weighted by atomic mass is 10.1. The van der Waals surface area contributed by atoms with Crippen LogP contribution >= 0.6 is 11.6 Å². The average Bonchev–Trinajstić information content (AvgIpc) is 2.33. The van der Waals surface area contributed by atoms with Crippen molar-refractivity contribution in [2.24, 2.45) is 0 Å². The van der Waals surface area contributed by atoms with Crippen LogP contribution in [-0.4, -0.2) is 5.16 Å². The van der Waals surface area contributed by atoms with E-state index in [-0.39, 0.29) is 5.38 Å². The van der Waals surface area contributed by atoms with Crippen molar-refractivity contribution in [3.8, 4) is 0 Å². The highest BCUT2D eigenvalue weighted by molar-refractivity contribution is 6.20. The van der Waals surface area contributed by atoms with Gasteiger partial charge in [-0.2, -0.15) is 0 Å². The van der Waals surface area contributed by atoms with E-state index in [0.29, 0.717) is 5.92 Å². The minimum atomic E-state index is -0.0637. The summed E-state index contributed by atoms with van der Waals surface area (Å²) >= 11 is 5.80. The minimum absolute atomic E-state index is 0.0637. The topological polar surface area (TPSA) is 26.0 Å². The Bertz CT molecular complexity index is 207. The summed E-state index contributed by atoms with van der Waals surface area (Å²) in [6.45, 7) is 6.00. The van der Waals surface area contributed by atoms with Crippen molar-refractivity contribution in [1.29, 1.82) is 0 Å². The maximum atomic E-state index is 5.80. The first-order valence-corrected chi connectivity index (χ1v) is 4.15. The summed E-state index contributed by atoms with van der Waals surface area (Å²) in [6.07, 6.45) is 0. The second-order valence-electron chi connectivity index (χ2n) is 2.92. The molecule has 0 radical (unpaired) electrons. The highest BCUT2D eigenvalue weighted by Gasteiger charge is 2.10. The molecule has 0 spiro atoms. The fourth-order valence-corrected chi connectivity index (χ4v) is 0.866. The molecule has 3 heteroatoms. The minimum Gasteiger partial charge on any atom is -0.361 e. The van der Waals surface area contributed by atoms with Crippen LogP contribution in [0.5, 0.6) is 0 Å². The largest absolute Gasteiger partial charge is 0.361 e. The van der Waals surface area contributed by atoms with E-state index >= 15 is 0 Å². The molecule has 62 valence electrons. The molecule has 0 aliphatic heterocycles. The Morgan fingerprint density at radius 3 is 2.36 bits per heavy atom. The molecule has 0 fully saturated rings. The fraction of sp³-hybridized carbons (Fsp3) is 0.625. The third-order valence-corrected chi connectivity index (χ3v) is 1.75. The summed E-state index contributed by atoms with van der Waals surface area (Å²) in [4.78, 5) is 0. The molecule has 1 unspecified atom stereocenters. The molecule has 0 aliphatic rings. The maximum absolute atomic E-state index is 5.80. The van der Waals surface area contributed by atoms with Gasteiger partial charge in [-0.15, -0.1) is 11.6 Å². The van der Waals surface area contributed by atoms with E-state index in [0.717, 1.165) is 11.5 Å². The van der Waals surface area contributed by atoms with Crippen LogP contribution in [-0.2, 0) is 0 Å². The summed E-state index contributed by atoms with van der Waals surface area (Å²) in [5.41, 5.74) is 0.815. The van der Waals surface area contributed by atoms with E-state index in [2.05, 4.69) is 19.0 Å². The molecule has 1 aromatic heterocycles. The molecule has 1 heterocycles. The van der Waals surface area contributed by atoms with Gasteiger partial charge in [0, 0.05) is 12.0 Å². The first-order valence-electron chi connectivity index (χ1n) is 3.72. The van der Waals surface area contributed by atoms with E-state index in [1.165, 1.54) is 0 Å². The van der Waals surface area contributed by atoms with Crippen molar-refractivity contribution >= 4 is 11.6 Å². The lowest BCUT2D eigenvalue weighted by Gasteiger charge is -1.94. The van der Waals surface area contributed by atoms with Crippen LogP contribution in [0, 0.1) is 0 Å². The molecule has 2 nitrogen and oxygen atoms in total. The van der Waals surface area contributed by atoms with Crippen molar-refractivity contribution < 1.29 is 4.52 Å². The monoisotopic (exact) mass is 173 g/mol. The average molecular weight is 174 g/mol. The standard InChI is InChI=1S/C8H12ClNO/c1-5(2)8-4-7(6(3)9)10-11-8/h4-6H,1-3H3. The van der Waals surface area contributed by atoms with Gasteiger partial charge in [-0.3, -0.25) is 0 Å². The van der Waals surface area contributed by atoms with Gasteiger partial charge in [0.05, 0.1) is 5.38 Å². The van der Waals surface area contributed by atoms with Crippen molar-refractivity contribution in [2.75, 3.05) is 0 Å². The molecule has 0 amide bonds. The van der Waals surface area contributed by atoms with Gasteiger partial charge in [0.15, 0.2) is 0 Å². The lowest BCUT2D eigenvalue weighted by molar-refractivity contribution is 0.366.